The molecule has 1 N–H and O–H groups in total. The summed E-state index contributed by atoms with van der Waals surface area (Å²) in [6.07, 6.45) is 1.30. The molecule has 1 saturated heterocycles. The fourth-order valence-electron chi connectivity index (χ4n) is 3.05. The lowest BCUT2D eigenvalue weighted by molar-refractivity contribution is -0.131. The number of carbonyl (C=O) groups is 2. The number of amides is 3. The van der Waals surface area contributed by atoms with Crippen LogP contribution in [0.4, 0.5) is 13.6 Å². The van der Waals surface area contributed by atoms with Gasteiger partial charge in [-0.25, -0.2) is 13.6 Å². The molecule has 2 aromatic rings. The number of carbonyl (C=O) groups excluding carboxylic acids is 2. The van der Waals surface area contributed by atoms with Crippen molar-refractivity contribution in [3.05, 3.63) is 71.3 Å². The van der Waals surface area contributed by atoms with Crippen LogP contribution in [0.2, 0.25) is 0 Å². The summed E-state index contributed by atoms with van der Waals surface area (Å²) in [5.41, 5.74) is -0.666. The predicted octanol–water partition coefficient (Wildman–Crippen LogP) is 3.36. The van der Waals surface area contributed by atoms with E-state index < -0.39 is 29.1 Å². The van der Waals surface area contributed by atoms with Gasteiger partial charge in [0, 0.05) is 12.1 Å². The standard InChI is InChI=1S/C19H18F2N2O2/c1-19(15-12-14(20)9-10-16(15)21)17(24)23(18(25)22-19)11-5-8-13-6-3-2-4-7-13/h2-4,6-7,9-10,12H,5,8,11H2,1H3,(H,22,25)/t19-/m0/s1. The second kappa shape index (κ2) is 6.63. The van der Waals surface area contributed by atoms with Crippen molar-refractivity contribution in [3.63, 3.8) is 0 Å². The fraction of sp³-hybridized carbons (Fsp3) is 0.263. The Hall–Kier alpha value is -2.76. The predicted molar refractivity (Wildman–Crippen MR) is 88.7 cm³/mol. The number of nitrogens with one attached hydrogen (secondary N) is 1. The Labute approximate surface area is 144 Å². The van der Waals surface area contributed by atoms with Crippen molar-refractivity contribution >= 4 is 11.9 Å². The zero-order chi connectivity index (χ0) is 18.0. The van der Waals surface area contributed by atoms with Crippen molar-refractivity contribution in [1.29, 1.82) is 0 Å². The van der Waals surface area contributed by atoms with Crippen molar-refractivity contribution in [2.24, 2.45) is 0 Å². The Kier molecular flexibility index (Phi) is 4.53. The molecule has 6 heteroatoms. The Balaban J connectivity index is 1.74. The first kappa shape index (κ1) is 17.1. The molecule has 3 amide bonds. The van der Waals surface area contributed by atoms with Gasteiger partial charge in [-0.2, -0.15) is 0 Å². The van der Waals surface area contributed by atoms with Crippen molar-refractivity contribution in [2.45, 2.75) is 25.3 Å². The Bertz CT molecular complexity index is 810. The number of nitrogens with zero attached hydrogens (tertiary/aromatic N) is 1. The van der Waals surface area contributed by atoms with Gasteiger partial charge in [0.05, 0.1) is 0 Å². The first-order valence-electron chi connectivity index (χ1n) is 8.05. The number of aryl methyl sites for hydroxylation is 1. The molecule has 3 rings (SSSR count). The van der Waals surface area contributed by atoms with Gasteiger partial charge in [-0.3, -0.25) is 9.69 Å². The summed E-state index contributed by atoms with van der Waals surface area (Å²) >= 11 is 0. The van der Waals surface area contributed by atoms with Crippen molar-refractivity contribution < 1.29 is 18.4 Å². The van der Waals surface area contributed by atoms with Gasteiger partial charge in [-0.1, -0.05) is 30.3 Å². The molecule has 0 saturated carbocycles. The first-order chi connectivity index (χ1) is 11.9. The number of hydrogen-bond donors (Lipinski definition) is 1. The van der Waals surface area contributed by atoms with Crippen LogP contribution in [0.25, 0.3) is 0 Å². The van der Waals surface area contributed by atoms with Crippen LogP contribution in [0.1, 0.15) is 24.5 Å². The molecule has 0 spiro atoms. The van der Waals surface area contributed by atoms with E-state index in [0.29, 0.717) is 12.8 Å². The van der Waals surface area contributed by atoms with Gasteiger partial charge in [0.1, 0.15) is 17.2 Å². The first-order valence-corrected chi connectivity index (χ1v) is 8.05. The molecule has 25 heavy (non-hydrogen) atoms. The summed E-state index contributed by atoms with van der Waals surface area (Å²) in [5.74, 6) is -1.97. The highest BCUT2D eigenvalue weighted by molar-refractivity contribution is 6.07. The second-order valence-electron chi connectivity index (χ2n) is 6.23. The molecule has 0 bridgehead atoms. The summed E-state index contributed by atoms with van der Waals surface area (Å²) in [5, 5.41) is 2.49. The third kappa shape index (κ3) is 3.24. The van der Waals surface area contributed by atoms with Gasteiger partial charge in [0.25, 0.3) is 5.91 Å². The highest BCUT2D eigenvalue weighted by atomic mass is 19.1. The zero-order valence-electron chi connectivity index (χ0n) is 13.8. The SMILES string of the molecule is C[C@@]1(c2cc(F)ccc2F)NC(=O)N(CCCc2ccccc2)C1=O. The van der Waals surface area contributed by atoms with Crippen LogP contribution in [0.3, 0.4) is 0 Å². The third-order valence-electron chi connectivity index (χ3n) is 4.43. The fourth-order valence-corrected chi connectivity index (χ4v) is 3.05. The Morgan fingerprint density at radius 3 is 2.52 bits per heavy atom. The van der Waals surface area contributed by atoms with Gasteiger partial charge < -0.3 is 5.32 Å². The van der Waals surface area contributed by atoms with Crippen molar-refractivity contribution in [3.8, 4) is 0 Å². The van der Waals surface area contributed by atoms with E-state index in [9.17, 15) is 18.4 Å². The third-order valence-corrected chi connectivity index (χ3v) is 4.43. The average molecular weight is 344 g/mol. The molecule has 1 heterocycles. The van der Waals surface area contributed by atoms with Gasteiger partial charge in [0.2, 0.25) is 0 Å². The summed E-state index contributed by atoms with van der Waals surface area (Å²) in [6.45, 7) is 1.61. The lowest BCUT2D eigenvalue weighted by Gasteiger charge is -2.22. The lowest BCUT2D eigenvalue weighted by atomic mass is 9.91. The number of rotatable bonds is 5. The normalized spacial score (nSPS) is 20.0. The van der Waals surface area contributed by atoms with Crippen LogP contribution in [0.5, 0.6) is 0 Å². The summed E-state index contributed by atoms with van der Waals surface area (Å²) < 4.78 is 27.6. The van der Waals surface area contributed by atoms with Crippen LogP contribution in [0, 0.1) is 11.6 Å². The summed E-state index contributed by atoms with van der Waals surface area (Å²) in [6, 6.07) is 12.0. The highest BCUT2D eigenvalue weighted by Crippen LogP contribution is 2.31. The van der Waals surface area contributed by atoms with E-state index in [1.54, 1.807) is 0 Å². The smallest absolute Gasteiger partial charge is 0.319 e. The molecule has 130 valence electrons. The topological polar surface area (TPSA) is 49.4 Å². The molecule has 1 aliphatic rings. The van der Waals surface area contributed by atoms with E-state index in [-0.39, 0.29) is 12.1 Å². The van der Waals surface area contributed by atoms with E-state index in [4.69, 9.17) is 0 Å². The maximum atomic E-state index is 14.1. The molecule has 0 aliphatic carbocycles. The number of urea groups is 1. The monoisotopic (exact) mass is 344 g/mol. The largest absolute Gasteiger partial charge is 0.325 e. The minimum atomic E-state index is -1.60. The minimum absolute atomic E-state index is 0.170. The number of imide groups is 1. The molecular weight excluding hydrogens is 326 g/mol. The van der Waals surface area contributed by atoms with Crippen LogP contribution >= 0.6 is 0 Å². The van der Waals surface area contributed by atoms with Gasteiger partial charge in [-0.15, -0.1) is 0 Å². The van der Waals surface area contributed by atoms with Crippen LogP contribution in [-0.2, 0) is 16.8 Å². The Morgan fingerprint density at radius 2 is 1.80 bits per heavy atom. The zero-order valence-corrected chi connectivity index (χ0v) is 13.8. The van der Waals surface area contributed by atoms with E-state index >= 15 is 0 Å². The molecule has 4 nitrogen and oxygen atoms in total. The quantitative estimate of drug-likeness (QED) is 0.846. The Morgan fingerprint density at radius 1 is 1.08 bits per heavy atom. The molecule has 0 aromatic heterocycles. The van der Waals surface area contributed by atoms with E-state index in [1.165, 1.54) is 6.92 Å². The van der Waals surface area contributed by atoms with E-state index in [1.807, 2.05) is 30.3 Å². The maximum absolute atomic E-state index is 14.1. The van der Waals surface area contributed by atoms with Crippen LogP contribution in [-0.4, -0.2) is 23.4 Å². The molecule has 0 unspecified atom stereocenters. The summed E-state index contributed by atoms with van der Waals surface area (Å²) in [7, 11) is 0. The molecule has 1 aliphatic heterocycles. The van der Waals surface area contributed by atoms with E-state index in [0.717, 1.165) is 28.7 Å². The maximum Gasteiger partial charge on any atom is 0.325 e. The van der Waals surface area contributed by atoms with Crippen molar-refractivity contribution in [2.75, 3.05) is 6.54 Å². The number of hydrogen-bond acceptors (Lipinski definition) is 2. The molecule has 1 atom stereocenters. The average Bonchev–Trinajstić information content (AvgIpc) is 2.82. The van der Waals surface area contributed by atoms with Gasteiger partial charge in [-0.05, 0) is 43.5 Å². The minimum Gasteiger partial charge on any atom is -0.319 e. The molecule has 2 aromatic carbocycles. The number of benzene rings is 2. The number of halogens is 2. The van der Waals surface area contributed by atoms with Crippen molar-refractivity contribution in [1.82, 2.24) is 10.2 Å². The van der Waals surface area contributed by atoms with Crippen LogP contribution in [0.15, 0.2) is 48.5 Å². The van der Waals surface area contributed by atoms with Gasteiger partial charge in [0.15, 0.2) is 0 Å². The lowest BCUT2D eigenvalue weighted by Crippen LogP contribution is -2.42. The highest BCUT2D eigenvalue weighted by Gasteiger charge is 2.50. The molecule has 1 fully saturated rings. The summed E-state index contributed by atoms with van der Waals surface area (Å²) in [4.78, 5) is 26.0. The van der Waals surface area contributed by atoms with Crippen LogP contribution < -0.4 is 5.32 Å². The van der Waals surface area contributed by atoms with E-state index in [2.05, 4.69) is 5.32 Å². The molecular formula is C19H18F2N2O2. The second-order valence-corrected chi connectivity index (χ2v) is 6.23. The molecule has 0 radical (unpaired) electrons. The van der Waals surface area contributed by atoms with Gasteiger partial charge >= 0.3 is 6.03 Å².